The van der Waals surface area contributed by atoms with Crippen LogP contribution in [0.1, 0.15) is 25.1 Å². The topological polar surface area (TPSA) is 29.1 Å². The first-order chi connectivity index (χ1) is 7.58. The maximum atomic E-state index is 11.5. The van der Waals surface area contributed by atoms with Gasteiger partial charge in [0.2, 0.25) is 5.91 Å². The van der Waals surface area contributed by atoms with E-state index in [4.69, 9.17) is 11.6 Å². The number of carbonyl (C=O) groups is 1. The van der Waals surface area contributed by atoms with Crippen LogP contribution in [0.3, 0.4) is 0 Å². The Morgan fingerprint density at radius 3 is 2.88 bits per heavy atom. The van der Waals surface area contributed by atoms with Crippen LogP contribution in [-0.2, 0) is 11.2 Å². The van der Waals surface area contributed by atoms with Gasteiger partial charge < -0.3 is 5.32 Å². The summed E-state index contributed by atoms with van der Waals surface area (Å²) in [6, 6.07) is 3.92. The maximum absolute atomic E-state index is 11.5. The summed E-state index contributed by atoms with van der Waals surface area (Å²) in [6.07, 6.45) is 1.39. The second kappa shape index (κ2) is 6.92. The SMILES string of the molecule is CC(C)CC(Cl)CNC(=O)Cc1cccs1. The number of nitrogens with one attached hydrogen (secondary N) is 1. The van der Waals surface area contributed by atoms with Crippen molar-refractivity contribution in [1.82, 2.24) is 5.32 Å². The third kappa shape index (κ3) is 5.52. The molecule has 0 saturated carbocycles. The smallest absolute Gasteiger partial charge is 0.225 e. The van der Waals surface area contributed by atoms with E-state index in [-0.39, 0.29) is 11.3 Å². The fraction of sp³-hybridized carbons (Fsp3) is 0.583. The predicted octanol–water partition coefficient (Wildman–Crippen LogP) is 3.06. The van der Waals surface area contributed by atoms with Crippen LogP contribution >= 0.6 is 22.9 Å². The molecule has 1 N–H and O–H groups in total. The lowest BCUT2D eigenvalue weighted by Crippen LogP contribution is -2.31. The lowest BCUT2D eigenvalue weighted by atomic mass is 10.1. The zero-order chi connectivity index (χ0) is 12.0. The second-order valence-corrected chi connectivity index (χ2v) is 5.94. The third-order valence-electron chi connectivity index (χ3n) is 2.16. The van der Waals surface area contributed by atoms with E-state index in [2.05, 4.69) is 19.2 Å². The Balaban J connectivity index is 2.20. The van der Waals surface area contributed by atoms with Crippen molar-refractivity contribution in [1.29, 1.82) is 0 Å². The second-order valence-electron chi connectivity index (χ2n) is 4.29. The summed E-state index contributed by atoms with van der Waals surface area (Å²) >= 11 is 7.69. The lowest BCUT2D eigenvalue weighted by molar-refractivity contribution is -0.120. The summed E-state index contributed by atoms with van der Waals surface area (Å²) in [5, 5.41) is 4.87. The highest BCUT2D eigenvalue weighted by molar-refractivity contribution is 7.10. The zero-order valence-corrected chi connectivity index (χ0v) is 11.3. The molecule has 0 aliphatic carbocycles. The highest BCUT2D eigenvalue weighted by Crippen LogP contribution is 2.11. The van der Waals surface area contributed by atoms with Crippen LogP contribution in [0, 0.1) is 5.92 Å². The van der Waals surface area contributed by atoms with Crippen molar-refractivity contribution >= 4 is 28.8 Å². The van der Waals surface area contributed by atoms with E-state index < -0.39 is 0 Å². The Hall–Kier alpha value is -0.540. The van der Waals surface area contributed by atoms with Gasteiger partial charge in [0.05, 0.1) is 11.8 Å². The van der Waals surface area contributed by atoms with Gasteiger partial charge in [0.25, 0.3) is 0 Å². The third-order valence-corrected chi connectivity index (χ3v) is 3.37. The standard InChI is InChI=1S/C12H18ClNOS/c1-9(2)6-10(13)8-14-12(15)7-11-4-3-5-16-11/h3-5,9-10H,6-8H2,1-2H3,(H,14,15). The van der Waals surface area contributed by atoms with Crippen molar-refractivity contribution in [2.45, 2.75) is 32.1 Å². The van der Waals surface area contributed by atoms with E-state index in [0.29, 0.717) is 18.9 Å². The Morgan fingerprint density at radius 2 is 2.31 bits per heavy atom. The fourth-order valence-corrected chi connectivity index (χ4v) is 2.59. The van der Waals surface area contributed by atoms with Crippen molar-refractivity contribution in [2.75, 3.05) is 6.54 Å². The molecule has 1 unspecified atom stereocenters. The van der Waals surface area contributed by atoms with E-state index in [9.17, 15) is 4.79 Å². The van der Waals surface area contributed by atoms with E-state index in [0.717, 1.165) is 11.3 Å². The van der Waals surface area contributed by atoms with Crippen molar-refractivity contribution in [3.05, 3.63) is 22.4 Å². The number of hydrogen-bond acceptors (Lipinski definition) is 2. The molecular weight excluding hydrogens is 242 g/mol. The van der Waals surface area contributed by atoms with Gasteiger partial charge >= 0.3 is 0 Å². The average molecular weight is 260 g/mol. The Kier molecular flexibility index (Phi) is 5.85. The first kappa shape index (κ1) is 13.5. The van der Waals surface area contributed by atoms with Crippen LogP contribution in [0.5, 0.6) is 0 Å². The number of carbonyl (C=O) groups excluding carboxylic acids is 1. The van der Waals surface area contributed by atoms with E-state index in [1.165, 1.54) is 0 Å². The zero-order valence-electron chi connectivity index (χ0n) is 9.70. The summed E-state index contributed by atoms with van der Waals surface area (Å²) < 4.78 is 0. The number of halogens is 1. The molecule has 1 rings (SSSR count). The van der Waals surface area contributed by atoms with Crippen molar-refractivity contribution < 1.29 is 4.79 Å². The first-order valence-corrected chi connectivity index (χ1v) is 6.82. The molecule has 1 heterocycles. The van der Waals surface area contributed by atoms with Gasteiger partial charge in [0, 0.05) is 11.4 Å². The minimum Gasteiger partial charge on any atom is -0.354 e. The molecule has 0 aliphatic rings. The van der Waals surface area contributed by atoms with Crippen molar-refractivity contribution in [3.63, 3.8) is 0 Å². The molecular formula is C12H18ClNOS. The largest absolute Gasteiger partial charge is 0.354 e. The fourth-order valence-electron chi connectivity index (χ4n) is 1.45. The Bertz CT molecular complexity index is 311. The molecule has 2 nitrogen and oxygen atoms in total. The lowest BCUT2D eigenvalue weighted by Gasteiger charge is -2.12. The molecule has 16 heavy (non-hydrogen) atoms. The predicted molar refractivity (Wildman–Crippen MR) is 70.1 cm³/mol. The normalized spacial score (nSPS) is 12.8. The Labute approximate surface area is 106 Å². The molecule has 90 valence electrons. The molecule has 0 aromatic carbocycles. The summed E-state index contributed by atoms with van der Waals surface area (Å²) in [4.78, 5) is 12.6. The van der Waals surface area contributed by atoms with Gasteiger partial charge in [-0.3, -0.25) is 4.79 Å². The molecule has 0 bridgehead atoms. The van der Waals surface area contributed by atoms with Gasteiger partial charge in [-0.1, -0.05) is 19.9 Å². The average Bonchev–Trinajstić information content (AvgIpc) is 2.66. The van der Waals surface area contributed by atoms with Crippen molar-refractivity contribution in [3.8, 4) is 0 Å². The minimum atomic E-state index is 0.0345. The first-order valence-electron chi connectivity index (χ1n) is 5.51. The number of hydrogen-bond donors (Lipinski definition) is 1. The van der Waals surface area contributed by atoms with Gasteiger partial charge in [0.15, 0.2) is 0 Å². The van der Waals surface area contributed by atoms with Gasteiger partial charge in [-0.05, 0) is 23.8 Å². The molecule has 1 atom stereocenters. The molecule has 1 amide bonds. The van der Waals surface area contributed by atoms with Crippen LogP contribution in [0.2, 0.25) is 0 Å². The highest BCUT2D eigenvalue weighted by atomic mass is 35.5. The molecule has 0 aliphatic heterocycles. The monoisotopic (exact) mass is 259 g/mol. The quantitative estimate of drug-likeness (QED) is 0.782. The molecule has 0 fully saturated rings. The summed E-state index contributed by atoms with van der Waals surface area (Å²) in [6.45, 7) is 4.82. The maximum Gasteiger partial charge on any atom is 0.225 e. The van der Waals surface area contributed by atoms with Crippen LogP contribution in [0.25, 0.3) is 0 Å². The van der Waals surface area contributed by atoms with E-state index in [1.807, 2.05) is 17.5 Å². The molecule has 0 saturated heterocycles. The summed E-state index contributed by atoms with van der Waals surface area (Å²) in [7, 11) is 0. The van der Waals surface area contributed by atoms with Crippen LogP contribution in [-0.4, -0.2) is 17.8 Å². The van der Waals surface area contributed by atoms with Gasteiger partial charge in [-0.25, -0.2) is 0 Å². The summed E-state index contributed by atoms with van der Waals surface area (Å²) in [5.41, 5.74) is 0. The Morgan fingerprint density at radius 1 is 1.56 bits per heavy atom. The van der Waals surface area contributed by atoms with Crippen LogP contribution in [0.4, 0.5) is 0 Å². The van der Waals surface area contributed by atoms with Gasteiger partial charge in [-0.15, -0.1) is 22.9 Å². The van der Waals surface area contributed by atoms with E-state index in [1.54, 1.807) is 11.3 Å². The highest BCUT2D eigenvalue weighted by Gasteiger charge is 2.09. The number of amides is 1. The molecule has 1 aromatic heterocycles. The number of rotatable bonds is 6. The summed E-state index contributed by atoms with van der Waals surface area (Å²) in [5.74, 6) is 0.619. The van der Waals surface area contributed by atoms with Gasteiger partial charge in [-0.2, -0.15) is 0 Å². The molecule has 1 aromatic rings. The number of alkyl halides is 1. The van der Waals surface area contributed by atoms with Gasteiger partial charge in [0.1, 0.15) is 0 Å². The minimum absolute atomic E-state index is 0.0345. The van der Waals surface area contributed by atoms with Crippen LogP contribution in [0.15, 0.2) is 17.5 Å². The molecule has 0 spiro atoms. The number of thiophene rings is 1. The van der Waals surface area contributed by atoms with Crippen molar-refractivity contribution in [2.24, 2.45) is 5.92 Å². The molecule has 4 heteroatoms. The van der Waals surface area contributed by atoms with Crippen LogP contribution < -0.4 is 5.32 Å². The molecule has 0 radical (unpaired) electrons. The van der Waals surface area contributed by atoms with E-state index >= 15 is 0 Å².